The fraction of sp³-hybridized carbons (Fsp3) is 0.167. The number of carbonyl (C=O) groups excluding carboxylic acids is 3. The number of methoxy groups -OCH3 is 2. The molecule has 6 nitrogen and oxygen atoms in total. The van der Waals surface area contributed by atoms with Crippen LogP contribution in [0.2, 0.25) is 5.02 Å². The molecular weight excluding hydrogens is 634 g/mol. The predicted molar refractivity (Wildman–Crippen MR) is 190 cm³/mol. The molecule has 0 spiro atoms. The minimum Gasteiger partial charge on any atom is -0.497 e. The molecule has 2 fully saturated rings. The lowest BCUT2D eigenvalue weighted by Crippen LogP contribution is -2.45. The van der Waals surface area contributed by atoms with E-state index in [4.69, 9.17) is 21.1 Å². The van der Waals surface area contributed by atoms with Gasteiger partial charge in [0.1, 0.15) is 11.5 Å². The Morgan fingerprint density at radius 1 is 0.592 bits per heavy atom. The third kappa shape index (κ3) is 4.04. The van der Waals surface area contributed by atoms with Gasteiger partial charge in [-0.05, 0) is 82.3 Å². The topological polar surface area (TPSA) is 72.9 Å². The number of carbonyl (C=O) groups is 3. The van der Waals surface area contributed by atoms with Crippen LogP contribution in [0.4, 0.5) is 5.69 Å². The molecule has 2 amide bonds. The van der Waals surface area contributed by atoms with Crippen molar-refractivity contribution in [3.63, 3.8) is 0 Å². The highest BCUT2D eigenvalue weighted by molar-refractivity contribution is 6.39. The van der Waals surface area contributed by atoms with Gasteiger partial charge in [-0.1, -0.05) is 103 Å². The van der Waals surface area contributed by atoms with Crippen molar-refractivity contribution in [2.24, 2.45) is 11.8 Å². The Morgan fingerprint density at radius 3 is 1.43 bits per heavy atom. The normalized spacial score (nSPS) is 24.1. The molecule has 1 saturated heterocycles. The maximum atomic E-state index is 16.1. The molecule has 242 valence electrons. The summed E-state index contributed by atoms with van der Waals surface area (Å²) in [7, 11) is 3.21. The number of aryl methyl sites for hydroxylation is 1. The zero-order chi connectivity index (χ0) is 34.1. The van der Waals surface area contributed by atoms with E-state index in [0.717, 1.165) is 16.7 Å². The molecule has 1 saturated carbocycles. The molecule has 5 aromatic rings. The van der Waals surface area contributed by atoms with Crippen LogP contribution in [0.3, 0.4) is 0 Å². The van der Waals surface area contributed by atoms with E-state index in [0.29, 0.717) is 44.5 Å². The monoisotopic (exact) mass is 665 g/mol. The van der Waals surface area contributed by atoms with Gasteiger partial charge in [-0.15, -0.1) is 0 Å². The average Bonchev–Trinajstić information content (AvgIpc) is 3.65. The first-order valence-corrected chi connectivity index (χ1v) is 16.5. The molecule has 7 heteroatoms. The Bertz CT molecular complexity index is 2050. The van der Waals surface area contributed by atoms with Crippen molar-refractivity contribution in [3.8, 4) is 11.5 Å². The third-order valence-electron chi connectivity index (χ3n) is 10.6. The van der Waals surface area contributed by atoms with E-state index in [9.17, 15) is 0 Å². The summed E-state index contributed by atoms with van der Waals surface area (Å²) in [4.78, 5) is 47.7. The van der Waals surface area contributed by atoms with Crippen molar-refractivity contribution in [2.75, 3.05) is 19.1 Å². The highest BCUT2D eigenvalue weighted by Gasteiger charge is 2.82. The standard InChI is InChI=1S/C42H32ClNO5/c1-25-14-19-30(43)24-33(25)44-38(45)36-37(39(44)46)42(29-12-8-5-9-13-29)35(27-17-22-32(49-3)23-18-27)34(26-15-20-31(48-2)21-16-26)41(36,40(42)47)28-10-6-4-7-11-28/h4-24,36-37H,1-3H3/t36-,37-,41-,42-/m0/s1. The molecule has 2 bridgehead atoms. The molecule has 1 heterocycles. The summed E-state index contributed by atoms with van der Waals surface area (Å²) in [6.45, 7) is 1.85. The van der Waals surface area contributed by atoms with Gasteiger partial charge >= 0.3 is 0 Å². The lowest BCUT2D eigenvalue weighted by atomic mass is 9.59. The number of hydrogen-bond donors (Lipinski definition) is 0. The number of halogens is 1. The van der Waals surface area contributed by atoms with Crippen molar-refractivity contribution in [1.29, 1.82) is 0 Å². The number of Topliss-reactive ketones (excluding diaryl/α,β-unsaturated/α-hetero) is 1. The van der Waals surface area contributed by atoms with Crippen LogP contribution < -0.4 is 14.4 Å². The highest BCUT2D eigenvalue weighted by Crippen LogP contribution is 2.74. The number of nitrogens with zero attached hydrogens (tertiary/aromatic N) is 1. The first-order valence-electron chi connectivity index (χ1n) is 16.1. The molecule has 0 radical (unpaired) electrons. The Hall–Kier alpha value is -5.46. The number of allylic oxidation sites excluding steroid dienone is 2. The molecule has 0 N–H and O–H groups in total. The summed E-state index contributed by atoms with van der Waals surface area (Å²) in [5, 5.41) is 0.406. The number of ketones is 1. The van der Waals surface area contributed by atoms with Crippen LogP contribution in [-0.2, 0) is 25.2 Å². The maximum absolute atomic E-state index is 16.1. The van der Waals surface area contributed by atoms with Gasteiger partial charge in [0.25, 0.3) is 0 Å². The van der Waals surface area contributed by atoms with Gasteiger partial charge < -0.3 is 9.47 Å². The lowest BCUT2D eigenvalue weighted by molar-refractivity contribution is -0.130. The number of anilines is 1. The average molecular weight is 666 g/mol. The van der Waals surface area contributed by atoms with E-state index in [1.54, 1.807) is 32.4 Å². The zero-order valence-electron chi connectivity index (χ0n) is 27.1. The van der Waals surface area contributed by atoms with Gasteiger partial charge in [-0.25, -0.2) is 4.90 Å². The van der Waals surface area contributed by atoms with E-state index < -0.39 is 34.5 Å². The van der Waals surface area contributed by atoms with Gasteiger partial charge in [0.05, 0.1) is 42.6 Å². The number of amides is 2. The van der Waals surface area contributed by atoms with Crippen LogP contribution in [0.25, 0.3) is 11.1 Å². The van der Waals surface area contributed by atoms with E-state index in [1.165, 1.54) is 4.90 Å². The quantitative estimate of drug-likeness (QED) is 0.166. The Balaban J connectivity index is 1.55. The Morgan fingerprint density at radius 2 is 1.02 bits per heavy atom. The molecule has 5 aromatic carbocycles. The van der Waals surface area contributed by atoms with Gasteiger partial charge in [0.15, 0.2) is 5.78 Å². The first kappa shape index (κ1) is 30.8. The number of imide groups is 1. The van der Waals surface area contributed by atoms with Crippen LogP contribution in [-0.4, -0.2) is 31.8 Å². The summed E-state index contributed by atoms with van der Waals surface area (Å²) < 4.78 is 11.0. The molecule has 3 aliphatic rings. The van der Waals surface area contributed by atoms with E-state index in [1.807, 2.05) is 116 Å². The second kappa shape index (κ2) is 11.3. The smallest absolute Gasteiger partial charge is 0.239 e. The molecule has 0 unspecified atom stereocenters. The SMILES string of the molecule is COc1ccc(C2=C(c3ccc(OC)cc3)[C@]3(c4ccccc4)C(=O)[C@]2(c2ccccc2)[C@@H]2C(=O)N(c4cc(Cl)ccc4C)C(=O)[C@H]23)cc1. The van der Waals surface area contributed by atoms with Crippen LogP contribution in [0, 0.1) is 18.8 Å². The summed E-state index contributed by atoms with van der Waals surface area (Å²) in [6, 6.07) is 39.3. The second-order valence-electron chi connectivity index (χ2n) is 12.8. The molecule has 1 aliphatic heterocycles. The van der Waals surface area contributed by atoms with Crippen LogP contribution in [0.1, 0.15) is 27.8 Å². The van der Waals surface area contributed by atoms with Crippen LogP contribution in [0.15, 0.2) is 127 Å². The van der Waals surface area contributed by atoms with Crippen molar-refractivity contribution < 1.29 is 23.9 Å². The summed E-state index contributed by atoms with van der Waals surface area (Å²) in [6.07, 6.45) is 0. The minimum atomic E-state index is -1.51. The fourth-order valence-electron chi connectivity index (χ4n) is 8.70. The van der Waals surface area contributed by atoms with Gasteiger partial charge in [-0.2, -0.15) is 0 Å². The highest BCUT2D eigenvalue weighted by atomic mass is 35.5. The molecule has 49 heavy (non-hydrogen) atoms. The second-order valence-corrected chi connectivity index (χ2v) is 13.2. The molecule has 0 aromatic heterocycles. The molecule has 2 aliphatic carbocycles. The van der Waals surface area contributed by atoms with E-state index in [2.05, 4.69) is 0 Å². The Labute approximate surface area is 289 Å². The van der Waals surface area contributed by atoms with E-state index in [-0.39, 0.29) is 5.78 Å². The molecule has 8 rings (SSSR count). The van der Waals surface area contributed by atoms with Gasteiger partial charge in [0, 0.05) is 5.02 Å². The zero-order valence-corrected chi connectivity index (χ0v) is 27.9. The summed E-state index contributed by atoms with van der Waals surface area (Å²) in [5.41, 5.74) is 2.37. The third-order valence-corrected chi connectivity index (χ3v) is 10.9. The first-order chi connectivity index (χ1) is 23.8. The van der Waals surface area contributed by atoms with Crippen LogP contribution in [0.5, 0.6) is 11.5 Å². The van der Waals surface area contributed by atoms with Crippen molar-refractivity contribution >= 4 is 46.0 Å². The van der Waals surface area contributed by atoms with Gasteiger partial charge in [0.2, 0.25) is 11.8 Å². The summed E-state index contributed by atoms with van der Waals surface area (Å²) >= 11 is 6.47. The summed E-state index contributed by atoms with van der Waals surface area (Å²) in [5.74, 6) is -1.79. The fourth-order valence-corrected chi connectivity index (χ4v) is 8.87. The maximum Gasteiger partial charge on any atom is 0.239 e. The Kier molecular flexibility index (Phi) is 7.12. The minimum absolute atomic E-state index is 0.187. The largest absolute Gasteiger partial charge is 0.497 e. The van der Waals surface area contributed by atoms with Crippen LogP contribution >= 0.6 is 11.6 Å². The van der Waals surface area contributed by atoms with Gasteiger partial charge in [-0.3, -0.25) is 14.4 Å². The molecule has 4 atom stereocenters. The van der Waals surface area contributed by atoms with E-state index >= 15 is 14.4 Å². The number of ether oxygens (including phenoxy) is 2. The van der Waals surface area contributed by atoms with Crippen molar-refractivity contribution in [1.82, 2.24) is 0 Å². The number of benzene rings is 5. The lowest BCUT2D eigenvalue weighted by Gasteiger charge is -2.39. The number of hydrogen-bond acceptors (Lipinski definition) is 5. The predicted octanol–water partition coefficient (Wildman–Crippen LogP) is 7.85. The van der Waals surface area contributed by atoms with Crippen molar-refractivity contribution in [3.05, 3.63) is 160 Å². The van der Waals surface area contributed by atoms with Crippen molar-refractivity contribution in [2.45, 2.75) is 17.8 Å². The number of rotatable bonds is 7. The number of fused-ring (bicyclic) bond motifs is 5. The molecular formula is C42H32ClNO5.